The number of ether oxygens (including phenoxy) is 1. The SMILES string of the molecule is COc1ccc(C)cc1NC(=O)c1cc(NC2CCS(=O)(=O)C2)ncn1. The number of hydrogen-bond donors (Lipinski definition) is 2. The molecule has 0 bridgehead atoms. The molecule has 2 N–H and O–H groups in total. The molecule has 0 saturated carbocycles. The van der Waals surface area contributed by atoms with E-state index < -0.39 is 15.7 Å². The first-order valence-electron chi connectivity index (χ1n) is 8.11. The molecule has 2 aromatic rings. The molecule has 0 radical (unpaired) electrons. The Kier molecular flexibility index (Phi) is 5.08. The first-order chi connectivity index (χ1) is 12.4. The molecule has 3 rings (SSSR count). The summed E-state index contributed by atoms with van der Waals surface area (Å²) in [6, 6.07) is 6.76. The van der Waals surface area contributed by atoms with Crippen LogP contribution in [0.2, 0.25) is 0 Å². The minimum atomic E-state index is -2.99. The smallest absolute Gasteiger partial charge is 0.274 e. The van der Waals surface area contributed by atoms with E-state index in [1.807, 2.05) is 13.0 Å². The van der Waals surface area contributed by atoms with Crippen LogP contribution >= 0.6 is 0 Å². The largest absolute Gasteiger partial charge is 0.495 e. The average Bonchev–Trinajstić information content (AvgIpc) is 2.94. The highest BCUT2D eigenvalue weighted by Crippen LogP contribution is 2.25. The zero-order valence-corrected chi connectivity index (χ0v) is 15.3. The number of carbonyl (C=O) groups excluding carboxylic acids is 1. The second-order valence-electron chi connectivity index (χ2n) is 6.19. The highest BCUT2D eigenvalue weighted by molar-refractivity contribution is 7.91. The third-order valence-electron chi connectivity index (χ3n) is 4.09. The van der Waals surface area contributed by atoms with Crippen molar-refractivity contribution < 1.29 is 17.9 Å². The molecule has 1 fully saturated rings. The molecular formula is C17H20N4O4S. The Morgan fingerprint density at radius 1 is 1.27 bits per heavy atom. The number of nitrogens with one attached hydrogen (secondary N) is 2. The fourth-order valence-electron chi connectivity index (χ4n) is 2.78. The van der Waals surface area contributed by atoms with Crippen LogP contribution < -0.4 is 15.4 Å². The minimum absolute atomic E-state index is 0.0685. The lowest BCUT2D eigenvalue weighted by molar-refractivity contribution is 0.102. The second kappa shape index (κ2) is 7.28. The average molecular weight is 376 g/mol. The highest BCUT2D eigenvalue weighted by Gasteiger charge is 2.28. The highest BCUT2D eigenvalue weighted by atomic mass is 32.2. The van der Waals surface area contributed by atoms with Gasteiger partial charge in [-0.05, 0) is 31.0 Å². The molecule has 9 heteroatoms. The van der Waals surface area contributed by atoms with Crippen molar-refractivity contribution in [2.24, 2.45) is 0 Å². The summed E-state index contributed by atoms with van der Waals surface area (Å²) in [6.07, 6.45) is 1.79. The van der Waals surface area contributed by atoms with E-state index in [2.05, 4.69) is 20.6 Å². The Hall–Kier alpha value is -2.68. The summed E-state index contributed by atoms with van der Waals surface area (Å²) in [5, 5.41) is 5.83. The van der Waals surface area contributed by atoms with Crippen LogP contribution in [0, 0.1) is 6.92 Å². The Bertz CT molecular complexity index is 930. The first-order valence-corrected chi connectivity index (χ1v) is 9.93. The maximum atomic E-state index is 12.5. The number of hydrogen-bond acceptors (Lipinski definition) is 7. The van der Waals surface area contributed by atoms with Crippen molar-refractivity contribution in [1.29, 1.82) is 0 Å². The van der Waals surface area contributed by atoms with E-state index in [1.54, 1.807) is 12.1 Å². The van der Waals surface area contributed by atoms with Gasteiger partial charge < -0.3 is 15.4 Å². The molecule has 1 aliphatic rings. The maximum Gasteiger partial charge on any atom is 0.274 e. The molecule has 138 valence electrons. The van der Waals surface area contributed by atoms with Crippen LogP contribution in [-0.2, 0) is 9.84 Å². The number of methoxy groups -OCH3 is 1. The van der Waals surface area contributed by atoms with Crippen LogP contribution in [0.3, 0.4) is 0 Å². The van der Waals surface area contributed by atoms with E-state index in [4.69, 9.17) is 4.74 Å². The molecule has 1 saturated heterocycles. The predicted octanol–water partition coefficient (Wildman–Crippen LogP) is 1.64. The zero-order valence-electron chi connectivity index (χ0n) is 14.5. The molecule has 1 amide bonds. The molecule has 1 aromatic carbocycles. The number of carbonyl (C=O) groups is 1. The van der Waals surface area contributed by atoms with Gasteiger partial charge in [-0.25, -0.2) is 18.4 Å². The van der Waals surface area contributed by atoms with Crippen molar-refractivity contribution in [3.8, 4) is 5.75 Å². The quantitative estimate of drug-likeness (QED) is 0.816. The molecule has 1 unspecified atom stereocenters. The summed E-state index contributed by atoms with van der Waals surface area (Å²) in [4.78, 5) is 20.6. The fraction of sp³-hybridized carbons (Fsp3) is 0.353. The lowest BCUT2D eigenvalue weighted by atomic mass is 10.2. The molecule has 8 nitrogen and oxygen atoms in total. The van der Waals surface area contributed by atoms with E-state index in [0.717, 1.165) is 5.56 Å². The van der Waals surface area contributed by atoms with Crippen LogP contribution in [0.25, 0.3) is 0 Å². The molecule has 1 atom stereocenters. The number of sulfone groups is 1. The summed E-state index contributed by atoms with van der Waals surface area (Å²) in [5.74, 6) is 0.796. The van der Waals surface area contributed by atoms with Crippen molar-refractivity contribution in [2.75, 3.05) is 29.2 Å². The normalized spacial score (nSPS) is 18.3. The van der Waals surface area contributed by atoms with Gasteiger partial charge in [0.05, 0.1) is 24.3 Å². The number of rotatable bonds is 5. The Morgan fingerprint density at radius 3 is 2.77 bits per heavy atom. The van der Waals surface area contributed by atoms with Gasteiger partial charge in [0, 0.05) is 12.1 Å². The Labute approximate surface area is 151 Å². The first kappa shape index (κ1) is 18.1. The minimum Gasteiger partial charge on any atom is -0.495 e. The third-order valence-corrected chi connectivity index (χ3v) is 5.86. The lowest BCUT2D eigenvalue weighted by Gasteiger charge is -2.13. The van der Waals surface area contributed by atoms with Crippen LogP contribution in [0.5, 0.6) is 5.75 Å². The molecule has 1 aliphatic heterocycles. The number of anilines is 2. The van der Waals surface area contributed by atoms with Gasteiger partial charge in [-0.3, -0.25) is 4.79 Å². The van der Waals surface area contributed by atoms with Crippen molar-refractivity contribution in [3.05, 3.63) is 41.9 Å². The van der Waals surface area contributed by atoms with Crippen LogP contribution in [-0.4, -0.2) is 49.0 Å². The van der Waals surface area contributed by atoms with Gasteiger partial charge in [-0.1, -0.05) is 6.07 Å². The van der Waals surface area contributed by atoms with Crippen LogP contribution in [0.15, 0.2) is 30.6 Å². The Balaban J connectivity index is 1.73. The van der Waals surface area contributed by atoms with Crippen molar-refractivity contribution >= 4 is 27.2 Å². The van der Waals surface area contributed by atoms with Crippen LogP contribution in [0.1, 0.15) is 22.5 Å². The van der Waals surface area contributed by atoms with Gasteiger partial charge >= 0.3 is 0 Å². The van der Waals surface area contributed by atoms with Crippen LogP contribution in [0.4, 0.5) is 11.5 Å². The van der Waals surface area contributed by atoms with E-state index in [1.165, 1.54) is 19.5 Å². The molecule has 0 spiro atoms. The van der Waals surface area contributed by atoms with Gasteiger partial charge in [0.15, 0.2) is 9.84 Å². The van der Waals surface area contributed by atoms with E-state index in [0.29, 0.717) is 23.7 Å². The number of nitrogens with zero attached hydrogens (tertiary/aromatic N) is 2. The molecule has 2 heterocycles. The van der Waals surface area contributed by atoms with E-state index in [-0.39, 0.29) is 23.2 Å². The number of aryl methyl sites for hydroxylation is 1. The van der Waals surface area contributed by atoms with E-state index in [9.17, 15) is 13.2 Å². The number of amides is 1. The summed E-state index contributed by atoms with van der Waals surface area (Å²) >= 11 is 0. The van der Waals surface area contributed by atoms with E-state index >= 15 is 0 Å². The summed E-state index contributed by atoms with van der Waals surface area (Å²) in [5.41, 5.74) is 1.70. The fourth-order valence-corrected chi connectivity index (χ4v) is 4.46. The molecular weight excluding hydrogens is 356 g/mol. The predicted molar refractivity (Wildman–Crippen MR) is 98.4 cm³/mol. The summed E-state index contributed by atoms with van der Waals surface area (Å²) < 4.78 is 28.3. The van der Waals surface area contributed by atoms with Crippen molar-refractivity contribution in [1.82, 2.24) is 9.97 Å². The monoisotopic (exact) mass is 376 g/mol. The number of benzene rings is 1. The zero-order chi connectivity index (χ0) is 18.7. The van der Waals surface area contributed by atoms with Gasteiger partial charge in [-0.2, -0.15) is 0 Å². The molecule has 0 aliphatic carbocycles. The third kappa shape index (κ3) is 4.29. The van der Waals surface area contributed by atoms with Crippen molar-refractivity contribution in [2.45, 2.75) is 19.4 Å². The van der Waals surface area contributed by atoms with Gasteiger partial charge in [0.2, 0.25) is 0 Å². The van der Waals surface area contributed by atoms with Crippen molar-refractivity contribution in [3.63, 3.8) is 0 Å². The Morgan fingerprint density at radius 2 is 2.08 bits per heavy atom. The molecule has 26 heavy (non-hydrogen) atoms. The second-order valence-corrected chi connectivity index (χ2v) is 8.42. The lowest BCUT2D eigenvalue weighted by Crippen LogP contribution is -2.22. The summed E-state index contributed by atoms with van der Waals surface area (Å²) in [7, 11) is -1.46. The topological polar surface area (TPSA) is 110 Å². The standard InChI is InChI=1S/C17H20N4O4S/c1-11-3-4-15(25-2)13(7-11)21-17(22)14-8-16(19-10-18-14)20-12-5-6-26(23,24)9-12/h3-4,7-8,10,12H,5-6,9H2,1-2H3,(H,21,22)(H,18,19,20). The van der Waals surface area contributed by atoms with Gasteiger partial charge in [0.25, 0.3) is 5.91 Å². The maximum absolute atomic E-state index is 12.5. The van der Waals surface area contributed by atoms with Gasteiger partial charge in [-0.15, -0.1) is 0 Å². The number of aromatic nitrogens is 2. The summed E-state index contributed by atoms with van der Waals surface area (Å²) in [6.45, 7) is 1.91. The molecule has 1 aromatic heterocycles. The van der Waals surface area contributed by atoms with Gasteiger partial charge in [0.1, 0.15) is 23.6 Å².